The maximum absolute atomic E-state index is 11.6. The number of nitrogens with two attached hydrogens (primary N) is 1. The van der Waals surface area contributed by atoms with Crippen molar-refractivity contribution in [3.8, 4) is 0 Å². The van der Waals surface area contributed by atoms with Crippen LogP contribution in [0, 0.1) is 0 Å². The smallest absolute Gasteiger partial charge is 0.246 e. The predicted octanol–water partition coefficient (Wildman–Crippen LogP) is 1.12. The molecule has 1 aromatic rings. The molecule has 3 N–H and O–H groups in total. The zero-order chi connectivity index (χ0) is 12.8. The number of rotatable bonds is 4. The fraction of sp³-hybridized carbons (Fsp3) is 0.308. The van der Waals surface area contributed by atoms with Gasteiger partial charge < -0.3 is 15.7 Å². The Kier molecular flexibility index (Phi) is 4.72. The lowest BCUT2D eigenvalue weighted by Crippen LogP contribution is -2.31. The van der Waals surface area contributed by atoms with Crippen LogP contribution in [0.1, 0.15) is 12.5 Å². The molecule has 1 atom stereocenters. The van der Waals surface area contributed by atoms with Gasteiger partial charge in [-0.25, -0.2) is 0 Å². The highest BCUT2D eigenvalue weighted by molar-refractivity contribution is 5.91. The van der Waals surface area contributed by atoms with Crippen LogP contribution in [0.5, 0.6) is 0 Å². The van der Waals surface area contributed by atoms with Crippen LogP contribution in [-0.4, -0.2) is 35.6 Å². The van der Waals surface area contributed by atoms with Gasteiger partial charge >= 0.3 is 0 Å². The Labute approximate surface area is 101 Å². The normalized spacial score (nSPS) is 12.6. The van der Waals surface area contributed by atoms with Crippen molar-refractivity contribution in [2.75, 3.05) is 19.3 Å². The zero-order valence-corrected chi connectivity index (χ0v) is 10.1. The first-order valence-electron chi connectivity index (χ1n) is 5.46. The highest BCUT2D eigenvalue weighted by Gasteiger charge is 2.07. The third-order valence-corrected chi connectivity index (χ3v) is 2.24. The summed E-state index contributed by atoms with van der Waals surface area (Å²) >= 11 is 0. The lowest BCUT2D eigenvalue weighted by molar-refractivity contribution is -0.125. The summed E-state index contributed by atoms with van der Waals surface area (Å²) < 4.78 is 0. The molecule has 1 aromatic carbocycles. The predicted molar refractivity (Wildman–Crippen MR) is 69.2 cm³/mol. The molecule has 1 unspecified atom stereocenters. The molecule has 0 heterocycles. The first-order valence-corrected chi connectivity index (χ1v) is 5.46. The number of aliphatic hydroxyl groups is 1. The van der Waals surface area contributed by atoms with E-state index in [0.717, 1.165) is 5.56 Å². The summed E-state index contributed by atoms with van der Waals surface area (Å²) in [6.07, 6.45) is 2.65. The Morgan fingerprint density at radius 1 is 1.59 bits per heavy atom. The first kappa shape index (κ1) is 13.3. The summed E-state index contributed by atoms with van der Waals surface area (Å²) in [4.78, 5) is 13.1. The molecule has 0 aliphatic heterocycles. The third kappa shape index (κ3) is 4.70. The van der Waals surface area contributed by atoms with Crippen LogP contribution >= 0.6 is 0 Å². The fourth-order valence-electron chi connectivity index (χ4n) is 1.44. The Balaban J connectivity index is 2.62. The molecule has 92 valence electrons. The minimum Gasteiger partial charge on any atom is -0.399 e. The average Bonchev–Trinajstić information content (AvgIpc) is 2.25. The van der Waals surface area contributed by atoms with Crippen LogP contribution in [0.2, 0.25) is 0 Å². The van der Waals surface area contributed by atoms with Gasteiger partial charge in [0.25, 0.3) is 0 Å². The topological polar surface area (TPSA) is 66.6 Å². The monoisotopic (exact) mass is 234 g/mol. The van der Waals surface area contributed by atoms with E-state index in [1.807, 2.05) is 12.1 Å². The molecule has 1 rings (SSSR count). The van der Waals surface area contributed by atoms with Crippen molar-refractivity contribution >= 4 is 17.7 Å². The number of nitrogen functional groups attached to an aromatic ring is 1. The standard InChI is InChI=1S/C13H18N2O2/c1-10(16)9-15(2)13(17)7-6-11-4-3-5-12(14)8-11/h3-8,10,16H,9,14H2,1-2H3/b7-6+. The van der Waals surface area contributed by atoms with Crippen LogP contribution in [0.3, 0.4) is 0 Å². The Morgan fingerprint density at radius 2 is 2.29 bits per heavy atom. The van der Waals surface area contributed by atoms with Gasteiger partial charge in [-0.05, 0) is 30.7 Å². The minimum absolute atomic E-state index is 0.145. The van der Waals surface area contributed by atoms with Crippen molar-refractivity contribution in [3.05, 3.63) is 35.9 Å². The fourth-order valence-corrected chi connectivity index (χ4v) is 1.44. The first-order chi connectivity index (χ1) is 7.99. The van der Waals surface area contributed by atoms with Gasteiger partial charge in [-0.15, -0.1) is 0 Å². The van der Waals surface area contributed by atoms with Crippen molar-refractivity contribution in [2.45, 2.75) is 13.0 Å². The minimum atomic E-state index is -0.523. The highest BCUT2D eigenvalue weighted by Crippen LogP contribution is 2.08. The van der Waals surface area contributed by atoms with E-state index in [4.69, 9.17) is 10.8 Å². The van der Waals surface area contributed by atoms with Crippen molar-refractivity contribution in [3.63, 3.8) is 0 Å². The van der Waals surface area contributed by atoms with Gasteiger partial charge in [0, 0.05) is 25.4 Å². The molecule has 0 aliphatic rings. The summed E-state index contributed by atoms with van der Waals surface area (Å²) in [5.74, 6) is -0.145. The van der Waals surface area contributed by atoms with E-state index >= 15 is 0 Å². The van der Waals surface area contributed by atoms with Gasteiger partial charge in [-0.1, -0.05) is 12.1 Å². The second-order valence-corrected chi connectivity index (χ2v) is 4.07. The van der Waals surface area contributed by atoms with Gasteiger partial charge in [-0.2, -0.15) is 0 Å². The molecule has 4 nitrogen and oxygen atoms in total. The molecule has 0 radical (unpaired) electrons. The molecular weight excluding hydrogens is 216 g/mol. The summed E-state index contributed by atoms with van der Waals surface area (Å²) in [5.41, 5.74) is 7.17. The number of carbonyl (C=O) groups excluding carboxylic acids is 1. The van der Waals surface area contributed by atoms with Gasteiger partial charge in [0.1, 0.15) is 0 Å². The summed E-state index contributed by atoms with van der Waals surface area (Å²) in [7, 11) is 1.65. The van der Waals surface area contributed by atoms with Crippen LogP contribution in [0.25, 0.3) is 6.08 Å². The number of benzene rings is 1. The van der Waals surface area contributed by atoms with E-state index in [2.05, 4.69) is 0 Å². The molecule has 0 saturated heterocycles. The van der Waals surface area contributed by atoms with Crippen molar-refractivity contribution < 1.29 is 9.90 Å². The largest absolute Gasteiger partial charge is 0.399 e. The zero-order valence-electron chi connectivity index (χ0n) is 10.1. The number of amides is 1. The molecule has 0 aliphatic carbocycles. The quantitative estimate of drug-likeness (QED) is 0.606. The second-order valence-electron chi connectivity index (χ2n) is 4.07. The Bertz CT molecular complexity index is 414. The summed E-state index contributed by atoms with van der Waals surface area (Å²) in [5, 5.41) is 9.16. The summed E-state index contributed by atoms with van der Waals surface area (Å²) in [6, 6.07) is 7.28. The molecule has 0 bridgehead atoms. The van der Waals surface area contributed by atoms with Gasteiger partial charge in [-0.3, -0.25) is 4.79 Å². The van der Waals surface area contributed by atoms with E-state index < -0.39 is 6.10 Å². The molecule has 1 amide bonds. The number of nitrogens with zero attached hydrogens (tertiary/aromatic N) is 1. The van der Waals surface area contributed by atoms with E-state index in [0.29, 0.717) is 12.2 Å². The average molecular weight is 234 g/mol. The molecule has 4 heteroatoms. The van der Waals surface area contributed by atoms with Crippen LogP contribution in [0.4, 0.5) is 5.69 Å². The molecule has 0 spiro atoms. The SMILES string of the molecule is CC(O)CN(C)C(=O)/C=C/c1cccc(N)c1. The molecular formula is C13H18N2O2. The van der Waals surface area contributed by atoms with Crippen LogP contribution in [-0.2, 0) is 4.79 Å². The van der Waals surface area contributed by atoms with Gasteiger partial charge in [0.15, 0.2) is 0 Å². The molecule has 0 aromatic heterocycles. The highest BCUT2D eigenvalue weighted by atomic mass is 16.3. The van der Waals surface area contributed by atoms with Crippen LogP contribution < -0.4 is 5.73 Å². The number of anilines is 1. The van der Waals surface area contributed by atoms with Crippen molar-refractivity contribution in [2.24, 2.45) is 0 Å². The number of likely N-dealkylation sites (N-methyl/N-ethyl adjacent to an activating group) is 1. The maximum atomic E-state index is 11.6. The number of hydrogen-bond acceptors (Lipinski definition) is 3. The van der Waals surface area contributed by atoms with Crippen molar-refractivity contribution in [1.82, 2.24) is 4.90 Å². The second kappa shape index (κ2) is 6.06. The molecule has 0 fully saturated rings. The molecule has 0 saturated carbocycles. The van der Waals surface area contributed by atoms with E-state index in [-0.39, 0.29) is 5.91 Å². The molecule has 17 heavy (non-hydrogen) atoms. The van der Waals surface area contributed by atoms with Gasteiger partial charge in [0.05, 0.1) is 6.10 Å². The van der Waals surface area contributed by atoms with Crippen molar-refractivity contribution in [1.29, 1.82) is 0 Å². The van der Waals surface area contributed by atoms with E-state index in [1.54, 1.807) is 32.2 Å². The Morgan fingerprint density at radius 3 is 2.88 bits per heavy atom. The Hall–Kier alpha value is -1.81. The van der Waals surface area contributed by atoms with E-state index in [1.165, 1.54) is 11.0 Å². The summed E-state index contributed by atoms with van der Waals surface area (Å²) in [6.45, 7) is 1.96. The number of aliphatic hydroxyl groups excluding tert-OH is 1. The third-order valence-electron chi connectivity index (χ3n) is 2.24. The van der Waals surface area contributed by atoms with Crippen LogP contribution in [0.15, 0.2) is 30.3 Å². The van der Waals surface area contributed by atoms with E-state index in [9.17, 15) is 4.79 Å². The lowest BCUT2D eigenvalue weighted by Gasteiger charge is -2.16. The number of carbonyl (C=O) groups is 1. The van der Waals surface area contributed by atoms with Gasteiger partial charge in [0.2, 0.25) is 5.91 Å². The lowest BCUT2D eigenvalue weighted by atomic mass is 10.2. The number of hydrogen-bond donors (Lipinski definition) is 2. The maximum Gasteiger partial charge on any atom is 0.246 e.